The summed E-state index contributed by atoms with van der Waals surface area (Å²) in [6, 6.07) is 33.4. The number of nitrogens with zero attached hydrogens (tertiary/aromatic N) is 1. The summed E-state index contributed by atoms with van der Waals surface area (Å²) in [5.41, 5.74) is 12.5. The van der Waals surface area contributed by atoms with Crippen LogP contribution < -0.4 is 16.4 Å². The highest BCUT2D eigenvalue weighted by atomic mass is 16.2. The number of primary amides is 1. The monoisotopic (exact) mass is 488 g/mol. The van der Waals surface area contributed by atoms with Gasteiger partial charge in [0.1, 0.15) is 0 Å². The van der Waals surface area contributed by atoms with Crippen LogP contribution in [0.25, 0.3) is 11.3 Å². The quantitative estimate of drug-likeness (QED) is 0.292. The van der Waals surface area contributed by atoms with Crippen molar-refractivity contribution in [1.82, 2.24) is 4.90 Å². The van der Waals surface area contributed by atoms with Crippen LogP contribution in [0, 0.1) is 0 Å². The first-order chi connectivity index (χ1) is 18.0. The Bertz CT molecular complexity index is 1480. The number of hydrogen-bond donors (Lipinski definition) is 3. The zero-order chi connectivity index (χ0) is 25.8. The maximum absolute atomic E-state index is 13.2. The smallest absolute Gasteiger partial charge is 0.258 e. The Morgan fingerprint density at radius 2 is 1.49 bits per heavy atom. The van der Waals surface area contributed by atoms with Crippen molar-refractivity contribution in [3.8, 4) is 0 Å². The van der Waals surface area contributed by atoms with Crippen LogP contribution >= 0.6 is 0 Å². The summed E-state index contributed by atoms with van der Waals surface area (Å²) in [6.45, 7) is 1.63. The van der Waals surface area contributed by atoms with Gasteiger partial charge in [0, 0.05) is 35.6 Å². The highest BCUT2D eigenvalue weighted by Crippen LogP contribution is 2.38. The topological polar surface area (TPSA) is 87.5 Å². The zero-order valence-corrected chi connectivity index (χ0v) is 20.6. The molecule has 5 rings (SSSR count). The lowest BCUT2D eigenvalue weighted by Crippen LogP contribution is -2.17. The fourth-order valence-corrected chi connectivity index (χ4v) is 4.61. The van der Waals surface area contributed by atoms with Crippen molar-refractivity contribution in [3.05, 3.63) is 131 Å². The summed E-state index contributed by atoms with van der Waals surface area (Å²) >= 11 is 0. The minimum Gasteiger partial charge on any atom is -0.366 e. The predicted octanol–water partition coefficient (Wildman–Crippen LogP) is 5.35. The largest absolute Gasteiger partial charge is 0.366 e. The van der Waals surface area contributed by atoms with Gasteiger partial charge in [-0.25, -0.2) is 0 Å². The van der Waals surface area contributed by atoms with E-state index in [1.54, 1.807) is 18.2 Å². The Hall–Kier alpha value is -4.68. The molecule has 2 amide bonds. The van der Waals surface area contributed by atoms with Gasteiger partial charge in [-0.15, -0.1) is 0 Å². The van der Waals surface area contributed by atoms with Crippen molar-refractivity contribution >= 4 is 34.5 Å². The molecule has 0 aromatic heterocycles. The van der Waals surface area contributed by atoms with E-state index < -0.39 is 5.91 Å². The summed E-state index contributed by atoms with van der Waals surface area (Å²) in [6.07, 6.45) is 0. The van der Waals surface area contributed by atoms with E-state index in [1.165, 1.54) is 5.56 Å². The molecule has 4 aromatic carbocycles. The fourth-order valence-electron chi connectivity index (χ4n) is 4.61. The summed E-state index contributed by atoms with van der Waals surface area (Å²) < 4.78 is 0. The number of fused-ring (bicyclic) bond motifs is 1. The maximum Gasteiger partial charge on any atom is 0.258 e. The fraction of sp³-hybridized carbons (Fsp3) is 0.0968. The van der Waals surface area contributed by atoms with Crippen LogP contribution in [0.15, 0.2) is 103 Å². The molecule has 0 spiro atoms. The minimum absolute atomic E-state index is 0.235. The van der Waals surface area contributed by atoms with Crippen LogP contribution in [-0.4, -0.2) is 23.8 Å². The van der Waals surface area contributed by atoms with E-state index in [0.717, 1.165) is 35.5 Å². The van der Waals surface area contributed by atoms with Gasteiger partial charge < -0.3 is 16.4 Å². The molecule has 0 unspecified atom stereocenters. The second-order valence-electron chi connectivity index (χ2n) is 9.18. The van der Waals surface area contributed by atoms with Crippen molar-refractivity contribution in [2.75, 3.05) is 17.7 Å². The Morgan fingerprint density at radius 1 is 0.811 bits per heavy atom. The van der Waals surface area contributed by atoms with Gasteiger partial charge in [-0.05, 0) is 48.0 Å². The van der Waals surface area contributed by atoms with Crippen molar-refractivity contribution < 1.29 is 9.59 Å². The molecule has 1 heterocycles. The van der Waals surface area contributed by atoms with Crippen LogP contribution in [0.4, 0.5) is 11.4 Å². The molecule has 37 heavy (non-hydrogen) atoms. The second-order valence-corrected chi connectivity index (χ2v) is 9.18. The van der Waals surface area contributed by atoms with Gasteiger partial charge in [-0.2, -0.15) is 0 Å². The molecule has 6 nitrogen and oxygen atoms in total. The molecular formula is C31H28N4O2. The van der Waals surface area contributed by atoms with Crippen LogP contribution in [-0.2, 0) is 17.9 Å². The number of rotatable bonds is 8. The number of nitrogens with two attached hydrogens (primary N) is 1. The summed E-state index contributed by atoms with van der Waals surface area (Å²) in [5.74, 6) is -0.772. The molecule has 4 N–H and O–H groups in total. The number of carbonyl (C=O) groups excluding carboxylic acids is 2. The van der Waals surface area contributed by atoms with Gasteiger partial charge in [0.25, 0.3) is 5.91 Å². The molecule has 0 saturated heterocycles. The molecule has 0 saturated carbocycles. The SMILES string of the molecule is CN(Cc1ccccc1)Cc1cccc(N/C(=C2\C(=O)Nc3cc(C(N)=O)ccc32)c2ccccc2)c1. The average molecular weight is 489 g/mol. The first kappa shape index (κ1) is 24.0. The van der Waals surface area contributed by atoms with E-state index in [2.05, 4.69) is 59.0 Å². The van der Waals surface area contributed by atoms with Crippen LogP contribution in [0.1, 0.15) is 32.6 Å². The van der Waals surface area contributed by atoms with E-state index >= 15 is 0 Å². The predicted molar refractivity (Wildman–Crippen MR) is 149 cm³/mol. The highest BCUT2D eigenvalue weighted by Gasteiger charge is 2.29. The number of anilines is 2. The number of benzene rings is 4. The maximum atomic E-state index is 13.2. The first-order valence-electron chi connectivity index (χ1n) is 12.1. The first-order valence-corrected chi connectivity index (χ1v) is 12.1. The third kappa shape index (κ3) is 5.44. The number of amides is 2. The van der Waals surface area contributed by atoms with E-state index in [9.17, 15) is 9.59 Å². The molecule has 1 aliphatic heterocycles. The second kappa shape index (κ2) is 10.5. The minimum atomic E-state index is -0.537. The molecule has 0 radical (unpaired) electrons. The van der Waals surface area contributed by atoms with Gasteiger partial charge in [0.15, 0.2) is 0 Å². The van der Waals surface area contributed by atoms with Crippen LogP contribution in [0.5, 0.6) is 0 Å². The third-order valence-corrected chi connectivity index (χ3v) is 6.31. The third-order valence-electron chi connectivity index (χ3n) is 6.31. The lowest BCUT2D eigenvalue weighted by molar-refractivity contribution is -0.110. The normalized spacial score (nSPS) is 13.7. The van der Waals surface area contributed by atoms with E-state index in [4.69, 9.17) is 5.73 Å². The Labute approximate surface area is 216 Å². The van der Waals surface area contributed by atoms with Crippen LogP contribution in [0.2, 0.25) is 0 Å². The molecule has 0 bridgehead atoms. The van der Waals surface area contributed by atoms with E-state index in [-0.39, 0.29) is 5.91 Å². The van der Waals surface area contributed by atoms with Crippen molar-refractivity contribution in [2.45, 2.75) is 13.1 Å². The summed E-state index contributed by atoms with van der Waals surface area (Å²) in [5, 5.41) is 6.41. The number of nitrogens with one attached hydrogen (secondary N) is 2. The van der Waals surface area contributed by atoms with Crippen molar-refractivity contribution in [3.63, 3.8) is 0 Å². The molecule has 1 aliphatic rings. The van der Waals surface area contributed by atoms with Gasteiger partial charge in [0.05, 0.1) is 11.3 Å². The Morgan fingerprint density at radius 3 is 2.22 bits per heavy atom. The molecule has 184 valence electrons. The molecular weight excluding hydrogens is 460 g/mol. The number of hydrogen-bond acceptors (Lipinski definition) is 4. The van der Waals surface area contributed by atoms with Crippen molar-refractivity contribution in [2.24, 2.45) is 5.73 Å². The van der Waals surface area contributed by atoms with Gasteiger partial charge >= 0.3 is 0 Å². The van der Waals surface area contributed by atoms with E-state index in [0.29, 0.717) is 22.5 Å². The summed E-state index contributed by atoms with van der Waals surface area (Å²) in [7, 11) is 2.10. The number of carbonyl (C=O) groups is 2. The Kier molecular flexibility index (Phi) is 6.83. The molecule has 0 aliphatic carbocycles. The molecule has 4 aromatic rings. The molecule has 0 fully saturated rings. The van der Waals surface area contributed by atoms with Gasteiger partial charge in [0.2, 0.25) is 5.91 Å². The zero-order valence-electron chi connectivity index (χ0n) is 20.6. The van der Waals surface area contributed by atoms with Gasteiger partial charge in [-0.3, -0.25) is 14.5 Å². The Balaban J connectivity index is 1.47. The van der Waals surface area contributed by atoms with Gasteiger partial charge in [-0.1, -0.05) is 78.9 Å². The average Bonchev–Trinajstić information content (AvgIpc) is 3.23. The standard InChI is InChI=1S/C31H28N4O2/c1-35(19-21-9-4-2-5-10-21)20-22-11-8-14-25(17-22)33-29(23-12-6-3-7-13-23)28-26-16-15-24(30(32)36)18-27(26)34-31(28)37/h2-18,33H,19-20H2,1H3,(H2,32,36)(H,34,37)/b29-28-. The van der Waals surface area contributed by atoms with E-state index in [1.807, 2.05) is 48.5 Å². The lowest BCUT2D eigenvalue weighted by atomic mass is 9.99. The molecule has 6 heteroatoms. The lowest BCUT2D eigenvalue weighted by Gasteiger charge is -2.19. The van der Waals surface area contributed by atoms with Crippen molar-refractivity contribution in [1.29, 1.82) is 0 Å². The molecule has 0 atom stereocenters. The van der Waals surface area contributed by atoms with Crippen LogP contribution in [0.3, 0.4) is 0 Å². The highest BCUT2D eigenvalue weighted by molar-refractivity contribution is 6.37. The summed E-state index contributed by atoms with van der Waals surface area (Å²) in [4.78, 5) is 27.1.